The van der Waals surface area contributed by atoms with Crippen LogP contribution in [0.1, 0.15) is 0 Å². The van der Waals surface area contributed by atoms with Crippen LogP contribution in [0.15, 0.2) is 77.1 Å². The molecule has 0 radical (unpaired) electrons. The average molecular weight is 474 g/mol. The van der Waals surface area contributed by atoms with Crippen molar-refractivity contribution in [2.24, 2.45) is 0 Å². The number of benzene rings is 3. The molecule has 3 aromatic carbocycles. The number of carbonyl (C=O) groups is 1. The number of ether oxygens (including phenoxy) is 1. The van der Waals surface area contributed by atoms with Crippen LogP contribution < -0.4 is 14.8 Å². The van der Waals surface area contributed by atoms with Crippen molar-refractivity contribution < 1.29 is 17.9 Å². The third-order valence-corrected chi connectivity index (χ3v) is 6.72. The van der Waals surface area contributed by atoms with Crippen molar-refractivity contribution in [1.82, 2.24) is 4.98 Å². The number of hydrogen-bond acceptors (Lipinski definition) is 6. The normalized spacial score (nSPS) is 11.3. The number of anilines is 2. The third-order valence-electron chi connectivity index (χ3n) is 4.27. The second kappa shape index (κ2) is 8.93. The smallest absolute Gasteiger partial charge is 0.264 e. The zero-order valence-electron chi connectivity index (χ0n) is 15.9. The Kier molecular flexibility index (Phi) is 6.08. The number of thiazole rings is 1. The Labute approximate surface area is 187 Å². The van der Waals surface area contributed by atoms with E-state index in [0.29, 0.717) is 27.2 Å². The zero-order chi connectivity index (χ0) is 21.8. The van der Waals surface area contributed by atoms with Gasteiger partial charge in [-0.25, -0.2) is 13.4 Å². The van der Waals surface area contributed by atoms with Gasteiger partial charge in [0.2, 0.25) is 0 Å². The monoisotopic (exact) mass is 473 g/mol. The van der Waals surface area contributed by atoms with E-state index in [1.165, 1.54) is 23.6 Å². The van der Waals surface area contributed by atoms with E-state index < -0.39 is 10.0 Å². The van der Waals surface area contributed by atoms with Crippen LogP contribution >= 0.6 is 22.9 Å². The minimum Gasteiger partial charge on any atom is -0.484 e. The number of nitrogens with zero attached hydrogens (tertiary/aromatic N) is 1. The first-order valence-corrected chi connectivity index (χ1v) is 11.8. The third kappa shape index (κ3) is 4.96. The standard InChI is InChI=1S/C21H16ClN3O4S2/c22-14-4-1-5-15(12-14)29-13-20(26)24-18-8-2-7-17-16(18)6-3-9-19(17)31(27,28)25-21-23-10-11-30-21/h1-12H,13H2,(H,23,25)(H,24,26). The van der Waals surface area contributed by atoms with Crippen LogP contribution in [0.4, 0.5) is 10.8 Å². The summed E-state index contributed by atoms with van der Waals surface area (Å²) in [5, 5.41) is 6.29. The topological polar surface area (TPSA) is 97.4 Å². The van der Waals surface area contributed by atoms with Crippen LogP contribution in [0.25, 0.3) is 10.8 Å². The number of sulfonamides is 1. The van der Waals surface area contributed by atoms with E-state index in [-0.39, 0.29) is 22.5 Å². The van der Waals surface area contributed by atoms with Gasteiger partial charge in [-0.3, -0.25) is 9.52 Å². The molecule has 31 heavy (non-hydrogen) atoms. The van der Waals surface area contributed by atoms with Gasteiger partial charge in [0.05, 0.1) is 4.90 Å². The van der Waals surface area contributed by atoms with Crippen molar-refractivity contribution in [1.29, 1.82) is 0 Å². The van der Waals surface area contributed by atoms with Crippen molar-refractivity contribution in [2.75, 3.05) is 16.6 Å². The quantitative estimate of drug-likeness (QED) is 0.403. The maximum Gasteiger partial charge on any atom is 0.264 e. The van der Waals surface area contributed by atoms with Crippen LogP contribution in [0, 0.1) is 0 Å². The van der Waals surface area contributed by atoms with Gasteiger partial charge in [0.1, 0.15) is 5.75 Å². The number of hydrogen-bond donors (Lipinski definition) is 2. The zero-order valence-corrected chi connectivity index (χ0v) is 18.3. The molecule has 0 saturated heterocycles. The summed E-state index contributed by atoms with van der Waals surface area (Å²) < 4.78 is 33.7. The first kappa shape index (κ1) is 21.1. The predicted molar refractivity (Wildman–Crippen MR) is 122 cm³/mol. The predicted octanol–water partition coefficient (Wildman–Crippen LogP) is 4.77. The van der Waals surface area contributed by atoms with Crippen molar-refractivity contribution in [3.63, 3.8) is 0 Å². The average Bonchev–Trinajstić information content (AvgIpc) is 3.24. The van der Waals surface area contributed by atoms with Gasteiger partial charge in [0, 0.05) is 33.1 Å². The van der Waals surface area contributed by atoms with Crippen LogP contribution in [-0.4, -0.2) is 25.9 Å². The van der Waals surface area contributed by atoms with Crippen molar-refractivity contribution in [3.05, 3.63) is 77.3 Å². The Morgan fingerprint density at radius 2 is 1.84 bits per heavy atom. The molecule has 0 aliphatic heterocycles. The van der Waals surface area contributed by atoms with Crippen molar-refractivity contribution in [3.8, 4) is 5.75 Å². The highest BCUT2D eigenvalue weighted by molar-refractivity contribution is 7.93. The second-order valence-electron chi connectivity index (χ2n) is 6.39. The lowest BCUT2D eigenvalue weighted by Gasteiger charge is -2.13. The molecule has 0 atom stereocenters. The summed E-state index contributed by atoms with van der Waals surface area (Å²) in [6.45, 7) is -0.222. The summed E-state index contributed by atoms with van der Waals surface area (Å²) >= 11 is 7.10. The summed E-state index contributed by atoms with van der Waals surface area (Å²) in [4.78, 5) is 16.5. The van der Waals surface area contributed by atoms with Gasteiger partial charge < -0.3 is 10.1 Å². The number of carbonyl (C=O) groups excluding carboxylic acids is 1. The summed E-state index contributed by atoms with van der Waals surface area (Å²) in [6.07, 6.45) is 1.52. The Morgan fingerprint density at radius 3 is 2.61 bits per heavy atom. The Morgan fingerprint density at radius 1 is 1.06 bits per heavy atom. The molecule has 0 saturated carbocycles. The number of nitrogens with one attached hydrogen (secondary N) is 2. The highest BCUT2D eigenvalue weighted by Gasteiger charge is 2.19. The molecule has 0 aliphatic rings. The van der Waals surface area contributed by atoms with Crippen LogP contribution in [0.3, 0.4) is 0 Å². The molecule has 158 valence electrons. The van der Waals surface area contributed by atoms with Gasteiger partial charge >= 0.3 is 0 Å². The van der Waals surface area contributed by atoms with E-state index in [4.69, 9.17) is 16.3 Å². The lowest BCUT2D eigenvalue weighted by Crippen LogP contribution is -2.20. The van der Waals surface area contributed by atoms with Crippen LogP contribution in [0.5, 0.6) is 5.75 Å². The molecule has 0 spiro atoms. The fraction of sp³-hybridized carbons (Fsp3) is 0.0476. The van der Waals surface area contributed by atoms with E-state index in [0.717, 1.165) is 0 Å². The van der Waals surface area contributed by atoms with Gasteiger partial charge in [-0.2, -0.15) is 0 Å². The maximum atomic E-state index is 12.9. The first-order chi connectivity index (χ1) is 14.9. The minimum absolute atomic E-state index is 0.0893. The van der Waals surface area contributed by atoms with E-state index in [1.807, 2.05) is 0 Å². The molecular formula is C21H16ClN3O4S2. The van der Waals surface area contributed by atoms with E-state index >= 15 is 0 Å². The number of aromatic nitrogens is 1. The number of fused-ring (bicyclic) bond motifs is 1. The van der Waals surface area contributed by atoms with E-state index in [9.17, 15) is 13.2 Å². The SMILES string of the molecule is O=C(COc1cccc(Cl)c1)Nc1cccc2c(S(=O)(=O)Nc3nccs3)cccc12. The summed E-state index contributed by atoms with van der Waals surface area (Å²) in [5.41, 5.74) is 0.475. The Bertz CT molecular complexity index is 1340. The maximum absolute atomic E-state index is 12.9. The van der Waals surface area contributed by atoms with Gasteiger partial charge in [-0.05, 0) is 30.3 Å². The van der Waals surface area contributed by atoms with Crippen LogP contribution in [-0.2, 0) is 14.8 Å². The van der Waals surface area contributed by atoms with Gasteiger partial charge in [0.25, 0.3) is 15.9 Å². The molecule has 0 fully saturated rings. The van der Waals surface area contributed by atoms with E-state index in [2.05, 4.69) is 15.0 Å². The highest BCUT2D eigenvalue weighted by atomic mass is 35.5. The number of halogens is 1. The molecule has 2 N–H and O–H groups in total. The molecule has 1 heterocycles. The molecule has 7 nitrogen and oxygen atoms in total. The molecule has 4 aromatic rings. The molecular weight excluding hydrogens is 458 g/mol. The summed E-state index contributed by atoms with van der Waals surface area (Å²) in [5.74, 6) is 0.0869. The first-order valence-electron chi connectivity index (χ1n) is 9.05. The molecule has 10 heteroatoms. The minimum atomic E-state index is -3.86. The molecule has 0 bridgehead atoms. The van der Waals surface area contributed by atoms with E-state index in [1.54, 1.807) is 60.0 Å². The summed E-state index contributed by atoms with van der Waals surface area (Å²) in [6, 6.07) is 16.7. The van der Waals surface area contributed by atoms with Gasteiger partial charge in [0.15, 0.2) is 11.7 Å². The largest absolute Gasteiger partial charge is 0.484 e. The number of amides is 1. The molecule has 1 amide bonds. The lowest BCUT2D eigenvalue weighted by molar-refractivity contribution is -0.118. The Balaban J connectivity index is 1.57. The fourth-order valence-electron chi connectivity index (χ4n) is 2.96. The summed E-state index contributed by atoms with van der Waals surface area (Å²) in [7, 11) is -3.86. The highest BCUT2D eigenvalue weighted by Crippen LogP contribution is 2.30. The Hall–Kier alpha value is -3.14. The van der Waals surface area contributed by atoms with Crippen molar-refractivity contribution in [2.45, 2.75) is 4.90 Å². The van der Waals surface area contributed by atoms with Crippen LogP contribution in [0.2, 0.25) is 5.02 Å². The lowest BCUT2D eigenvalue weighted by atomic mass is 10.1. The molecule has 4 rings (SSSR count). The molecule has 1 aromatic heterocycles. The second-order valence-corrected chi connectivity index (χ2v) is 9.38. The number of rotatable bonds is 7. The fourth-order valence-corrected chi connectivity index (χ4v) is 5.15. The molecule has 0 aliphatic carbocycles. The molecule has 0 unspecified atom stereocenters. The van der Waals surface area contributed by atoms with Gasteiger partial charge in [-0.15, -0.1) is 11.3 Å². The van der Waals surface area contributed by atoms with Gasteiger partial charge in [-0.1, -0.05) is 41.9 Å². The van der Waals surface area contributed by atoms with Crippen molar-refractivity contribution >= 4 is 60.5 Å².